The summed E-state index contributed by atoms with van der Waals surface area (Å²) >= 11 is 0. The first-order valence-corrected chi connectivity index (χ1v) is 11.3. The molecule has 0 aliphatic heterocycles. The van der Waals surface area contributed by atoms with Crippen LogP contribution >= 0.6 is 0 Å². The fraction of sp³-hybridized carbons (Fsp3) is 0.423. The first-order valence-electron chi connectivity index (χ1n) is 11.3. The predicted octanol–water partition coefficient (Wildman–Crippen LogP) is 1.68. The van der Waals surface area contributed by atoms with Gasteiger partial charge in [-0.3, -0.25) is 14.4 Å². The molecule has 4 unspecified atom stereocenters. The number of phenols is 1. The molecule has 3 aliphatic carbocycles. The van der Waals surface area contributed by atoms with Crippen molar-refractivity contribution < 1.29 is 34.8 Å². The number of ketones is 3. The normalized spacial score (nSPS) is 34.3. The Kier molecular flexibility index (Phi) is 5.04. The molecule has 2 fully saturated rings. The molecule has 5 rings (SSSR count). The maximum atomic E-state index is 13.6. The van der Waals surface area contributed by atoms with E-state index in [9.17, 15) is 34.8 Å². The molecule has 2 aromatic rings. The highest BCUT2D eigenvalue weighted by atomic mass is 16.4. The number of carbonyl (C=O) groups excluding carboxylic acids is 3. The van der Waals surface area contributed by atoms with Crippen molar-refractivity contribution in [3.05, 3.63) is 53.6 Å². The van der Waals surface area contributed by atoms with Crippen molar-refractivity contribution in [3.8, 4) is 16.9 Å². The van der Waals surface area contributed by atoms with Gasteiger partial charge in [0.2, 0.25) is 0 Å². The summed E-state index contributed by atoms with van der Waals surface area (Å²) in [6.45, 7) is 1.30. The van der Waals surface area contributed by atoms with Gasteiger partial charge in [-0.1, -0.05) is 36.4 Å². The van der Waals surface area contributed by atoms with Crippen molar-refractivity contribution >= 4 is 17.3 Å². The third-order valence-corrected chi connectivity index (χ3v) is 7.85. The second kappa shape index (κ2) is 7.58. The van der Waals surface area contributed by atoms with E-state index in [-0.39, 0.29) is 24.2 Å². The van der Waals surface area contributed by atoms with Gasteiger partial charge >= 0.3 is 0 Å². The maximum Gasteiger partial charge on any atom is 0.180 e. The number of Topliss-reactive ketones (excluding diaryl/α,β-unsaturated/α-hetero) is 3. The molecular weight excluding hydrogens is 424 g/mol. The standard InChI is InChI=1S/C26H26O7/c1-12(27)20-19(29)11-15-9-14-10-17-16(13-5-3-2-4-6-13)7-8-18(28)22(17)23(30)21(14)25(32)26(15,33)24(20)31/h2-8,12,14-15,20-21,25,27-28,32-33H,9-11H2,1H3/t12?,14-,15+,20?,21?,25?,26-/m1/s1. The van der Waals surface area contributed by atoms with E-state index in [0.717, 1.165) is 11.1 Å². The van der Waals surface area contributed by atoms with E-state index < -0.39 is 58.8 Å². The Morgan fingerprint density at radius 3 is 2.39 bits per heavy atom. The van der Waals surface area contributed by atoms with E-state index in [2.05, 4.69) is 0 Å². The van der Waals surface area contributed by atoms with Crippen LogP contribution in [-0.2, 0) is 16.0 Å². The fourth-order valence-corrected chi connectivity index (χ4v) is 6.31. The summed E-state index contributed by atoms with van der Waals surface area (Å²) in [5, 5.41) is 43.1. The number of hydrogen-bond acceptors (Lipinski definition) is 7. The summed E-state index contributed by atoms with van der Waals surface area (Å²) in [6, 6.07) is 12.7. The van der Waals surface area contributed by atoms with Gasteiger partial charge in [-0.2, -0.15) is 0 Å². The minimum Gasteiger partial charge on any atom is -0.507 e. The molecule has 7 nitrogen and oxygen atoms in total. The van der Waals surface area contributed by atoms with Crippen LogP contribution in [-0.4, -0.2) is 55.6 Å². The van der Waals surface area contributed by atoms with Crippen LogP contribution < -0.4 is 0 Å². The molecule has 0 bridgehead atoms. The molecule has 0 heterocycles. The van der Waals surface area contributed by atoms with Gasteiger partial charge in [0, 0.05) is 12.3 Å². The van der Waals surface area contributed by atoms with E-state index in [1.54, 1.807) is 6.07 Å². The number of carbonyl (C=O) groups is 3. The van der Waals surface area contributed by atoms with Crippen molar-refractivity contribution in [1.29, 1.82) is 0 Å². The molecule has 33 heavy (non-hydrogen) atoms. The number of aliphatic hydroxyl groups is 3. The van der Waals surface area contributed by atoms with Gasteiger partial charge in [0.15, 0.2) is 17.2 Å². The number of aromatic hydroxyl groups is 1. The van der Waals surface area contributed by atoms with Gasteiger partial charge in [0.1, 0.15) is 23.6 Å². The lowest BCUT2D eigenvalue weighted by molar-refractivity contribution is -0.197. The molecule has 0 aromatic heterocycles. The highest BCUT2D eigenvalue weighted by molar-refractivity contribution is 6.11. The van der Waals surface area contributed by atoms with E-state index in [4.69, 9.17) is 0 Å². The van der Waals surface area contributed by atoms with Crippen LogP contribution in [0.3, 0.4) is 0 Å². The van der Waals surface area contributed by atoms with Gasteiger partial charge in [0.05, 0.1) is 17.6 Å². The molecular formula is C26H26O7. The van der Waals surface area contributed by atoms with Crippen LogP contribution in [0, 0.1) is 23.7 Å². The molecule has 7 atom stereocenters. The first-order chi connectivity index (χ1) is 15.7. The molecule has 4 N–H and O–H groups in total. The number of hydrogen-bond donors (Lipinski definition) is 4. The fourth-order valence-electron chi connectivity index (χ4n) is 6.31. The molecule has 2 saturated carbocycles. The van der Waals surface area contributed by atoms with Crippen LogP contribution in [0.1, 0.15) is 35.7 Å². The minimum absolute atomic E-state index is 0.102. The van der Waals surface area contributed by atoms with E-state index in [0.29, 0.717) is 12.0 Å². The van der Waals surface area contributed by atoms with Gasteiger partial charge in [-0.25, -0.2) is 0 Å². The summed E-state index contributed by atoms with van der Waals surface area (Å²) in [5.41, 5.74) is 0.160. The minimum atomic E-state index is -2.30. The van der Waals surface area contributed by atoms with Crippen LogP contribution in [0.5, 0.6) is 5.75 Å². The van der Waals surface area contributed by atoms with Crippen molar-refractivity contribution in [2.75, 3.05) is 0 Å². The van der Waals surface area contributed by atoms with Crippen molar-refractivity contribution in [3.63, 3.8) is 0 Å². The second-order valence-electron chi connectivity index (χ2n) is 9.66. The third kappa shape index (κ3) is 3.03. The number of fused-ring (bicyclic) bond motifs is 3. The Hall–Kier alpha value is -2.87. The van der Waals surface area contributed by atoms with Crippen LogP contribution in [0.2, 0.25) is 0 Å². The zero-order chi connectivity index (χ0) is 23.7. The van der Waals surface area contributed by atoms with Gasteiger partial charge in [-0.05, 0) is 48.4 Å². The third-order valence-electron chi connectivity index (χ3n) is 7.85. The number of phenolic OH excluding ortho intramolecular Hbond substituents is 1. The molecule has 0 spiro atoms. The molecule has 0 saturated heterocycles. The quantitative estimate of drug-likeness (QED) is 0.512. The SMILES string of the molecule is CC(O)C1C(=O)C[C@@H]2C[C@@H]3Cc4c(-c5ccccc5)ccc(O)c4C(=O)C3C(O)[C@]2(O)C1=O. The zero-order valence-corrected chi connectivity index (χ0v) is 18.1. The molecule has 3 aliphatic rings. The maximum absolute atomic E-state index is 13.6. The van der Waals surface area contributed by atoms with Gasteiger partial charge in [-0.15, -0.1) is 0 Å². The van der Waals surface area contributed by atoms with E-state index in [1.165, 1.54) is 13.0 Å². The van der Waals surface area contributed by atoms with Crippen molar-refractivity contribution in [1.82, 2.24) is 0 Å². The summed E-state index contributed by atoms with van der Waals surface area (Å²) in [6.07, 6.45) is -2.62. The summed E-state index contributed by atoms with van der Waals surface area (Å²) < 4.78 is 0. The lowest BCUT2D eigenvalue weighted by atomic mass is 9.52. The summed E-state index contributed by atoms with van der Waals surface area (Å²) in [5.74, 6) is -5.88. The Labute approximate surface area is 190 Å². The Balaban J connectivity index is 1.61. The highest BCUT2D eigenvalue weighted by Gasteiger charge is 2.65. The van der Waals surface area contributed by atoms with Crippen LogP contribution in [0.25, 0.3) is 11.1 Å². The van der Waals surface area contributed by atoms with E-state index in [1.807, 2.05) is 30.3 Å². The lowest BCUT2D eigenvalue weighted by Crippen LogP contribution is -2.69. The summed E-state index contributed by atoms with van der Waals surface area (Å²) in [4.78, 5) is 39.3. The Bertz CT molecular complexity index is 1150. The number of benzene rings is 2. The molecule has 2 aromatic carbocycles. The molecule has 172 valence electrons. The van der Waals surface area contributed by atoms with Gasteiger partial charge < -0.3 is 20.4 Å². The zero-order valence-electron chi connectivity index (χ0n) is 18.1. The monoisotopic (exact) mass is 450 g/mol. The highest BCUT2D eigenvalue weighted by Crippen LogP contribution is 2.53. The topological polar surface area (TPSA) is 132 Å². The average Bonchev–Trinajstić information content (AvgIpc) is 2.76. The second-order valence-corrected chi connectivity index (χ2v) is 9.66. The first kappa shape index (κ1) is 21.9. The number of aliphatic hydroxyl groups excluding tert-OH is 2. The Morgan fingerprint density at radius 1 is 1.03 bits per heavy atom. The summed E-state index contributed by atoms with van der Waals surface area (Å²) in [7, 11) is 0. The number of rotatable bonds is 2. The lowest BCUT2D eigenvalue weighted by Gasteiger charge is -2.53. The predicted molar refractivity (Wildman–Crippen MR) is 117 cm³/mol. The molecule has 0 radical (unpaired) electrons. The molecule has 7 heteroatoms. The average molecular weight is 450 g/mol. The largest absolute Gasteiger partial charge is 0.507 e. The van der Waals surface area contributed by atoms with E-state index >= 15 is 0 Å². The van der Waals surface area contributed by atoms with Crippen molar-refractivity contribution in [2.45, 2.75) is 44.0 Å². The van der Waals surface area contributed by atoms with Crippen LogP contribution in [0.15, 0.2) is 42.5 Å². The Morgan fingerprint density at radius 2 is 1.73 bits per heavy atom. The van der Waals surface area contributed by atoms with Gasteiger partial charge in [0.25, 0.3) is 0 Å². The van der Waals surface area contributed by atoms with Crippen molar-refractivity contribution in [2.24, 2.45) is 23.7 Å². The smallest absolute Gasteiger partial charge is 0.180 e. The molecule has 0 amide bonds. The van der Waals surface area contributed by atoms with Crippen LogP contribution in [0.4, 0.5) is 0 Å².